The van der Waals surface area contributed by atoms with Crippen LogP contribution in [-0.4, -0.2) is 47.9 Å². The van der Waals surface area contributed by atoms with Crippen LogP contribution >= 0.6 is 35.4 Å². The fraction of sp³-hybridized carbons (Fsp3) is 0.367. The van der Waals surface area contributed by atoms with Crippen molar-refractivity contribution in [1.82, 2.24) is 9.88 Å². The smallest absolute Gasteiger partial charge is 0.251 e. The van der Waals surface area contributed by atoms with Crippen molar-refractivity contribution in [2.45, 2.75) is 37.8 Å². The van der Waals surface area contributed by atoms with Crippen LogP contribution in [0.4, 0.5) is 17.1 Å². The van der Waals surface area contributed by atoms with Gasteiger partial charge in [-0.3, -0.25) is 9.59 Å². The average Bonchev–Trinajstić information content (AvgIpc) is 3.48. The van der Waals surface area contributed by atoms with Crippen LogP contribution in [0.3, 0.4) is 0 Å². The van der Waals surface area contributed by atoms with Gasteiger partial charge in [-0.05, 0) is 79.9 Å². The number of carbonyl (C=O) groups is 1. The quantitative estimate of drug-likeness (QED) is 0.317. The molecule has 3 aliphatic rings. The summed E-state index contributed by atoms with van der Waals surface area (Å²) in [5, 5.41) is 10.8. The summed E-state index contributed by atoms with van der Waals surface area (Å²) in [7, 11) is 0. The molecule has 0 spiro atoms. The van der Waals surface area contributed by atoms with E-state index in [9.17, 15) is 9.59 Å². The van der Waals surface area contributed by atoms with Gasteiger partial charge in [0.25, 0.3) is 11.5 Å². The second-order valence-electron chi connectivity index (χ2n) is 10.9. The first-order chi connectivity index (χ1) is 19.8. The zero-order valence-corrected chi connectivity index (χ0v) is 24.7. The third kappa shape index (κ3) is 6.23. The fourth-order valence-electron chi connectivity index (χ4n) is 6.13. The van der Waals surface area contributed by atoms with E-state index in [4.69, 9.17) is 40.2 Å². The molecular weight excluding hydrogens is 581 g/mol. The summed E-state index contributed by atoms with van der Waals surface area (Å²) in [4.78, 5) is 27.9. The highest BCUT2D eigenvalue weighted by Crippen LogP contribution is 2.39. The normalized spacial score (nSPS) is 21.2. The van der Waals surface area contributed by atoms with Crippen molar-refractivity contribution in [2.75, 3.05) is 41.8 Å². The molecule has 0 saturated carbocycles. The molecule has 0 unspecified atom stereocenters. The minimum absolute atomic E-state index is 0.0554. The van der Waals surface area contributed by atoms with Gasteiger partial charge in [-0.25, -0.2) is 0 Å². The second-order valence-corrected chi connectivity index (χ2v) is 12.1. The third-order valence-corrected chi connectivity index (χ3v) is 8.77. The summed E-state index contributed by atoms with van der Waals surface area (Å²) >= 11 is 18.1. The Hall–Kier alpha value is -3.11. The number of fused-ring (bicyclic) bond motifs is 4. The number of benzene rings is 2. The van der Waals surface area contributed by atoms with E-state index >= 15 is 0 Å². The Morgan fingerprint density at radius 3 is 2.68 bits per heavy atom. The molecule has 11 heteroatoms. The van der Waals surface area contributed by atoms with Gasteiger partial charge in [-0.1, -0.05) is 29.3 Å². The predicted molar refractivity (Wildman–Crippen MR) is 168 cm³/mol. The number of hydrogen-bond acceptors (Lipinski definition) is 5. The Kier molecular flexibility index (Phi) is 8.21. The Morgan fingerprint density at radius 2 is 1.88 bits per heavy atom. The van der Waals surface area contributed by atoms with E-state index in [-0.39, 0.29) is 23.5 Å². The van der Waals surface area contributed by atoms with E-state index in [0.717, 1.165) is 50.3 Å². The summed E-state index contributed by atoms with van der Waals surface area (Å²) in [6.07, 6.45) is 3.06. The lowest BCUT2D eigenvalue weighted by Crippen LogP contribution is -2.47. The molecule has 4 heterocycles. The Labute approximate surface area is 254 Å². The van der Waals surface area contributed by atoms with Gasteiger partial charge in [0.1, 0.15) is 0 Å². The largest absolute Gasteiger partial charge is 0.376 e. The average molecular weight is 613 g/mol. The number of thiocarbonyl (C=S) groups is 1. The molecule has 0 radical (unpaired) electrons. The monoisotopic (exact) mass is 611 g/mol. The van der Waals surface area contributed by atoms with Crippen molar-refractivity contribution in [3.05, 3.63) is 86.3 Å². The molecule has 3 aliphatic heterocycles. The number of anilines is 3. The molecule has 1 aromatic heterocycles. The van der Waals surface area contributed by atoms with Crippen molar-refractivity contribution >= 4 is 63.5 Å². The zero-order chi connectivity index (χ0) is 28.5. The number of aromatic nitrogens is 1. The van der Waals surface area contributed by atoms with Crippen molar-refractivity contribution < 1.29 is 9.53 Å². The molecule has 2 aromatic carbocycles. The molecule has 214 valence electrons. The highest BCUT2D eigenvalue weighted by atomic mass is 35.5. The molecule has 3 atom stereocenters. The van der Waals surface area contributed by atoms with Gasteiger partial charge in [-0.15, -0.1) is 0 Å². The van der Waals surface area contributed by atoms with Gasteiger partial charge >= 0.3 is 0 Å². The van der Waals surface area contributed by atoms with Crippen LogP contribution in [0.5, 0.6) is 0 Å². The standard InChI is InChI=1S/C30H31Cl2N5O3S/c31-21-7-8-24(23(32)13-21)34-30(41)35-25-12-19(29(39)33-14-22-3-2-10-40-22)6-9-27(25)36-15-18-11-20(17-36)26-4-1-5-28(38)37(26)16-18/h1,4-9,12-13,18,20,22H,2-3,10-11,14-17H2,(H,33,39)(H2,34,35,41)/t18-,20+,22-/m1/s1. The van der Waals surface area contributed by atoms with Gasteiger partial charge in [0, 0.05) is 61.1 Å². The second kappa shape index (κ2) is 12.0. The number of ether oxygens (including phenoxy) is 1. The minimum Gasteiger partial charge on any atom is -0.376 e. The minimum atomic E-state index is -0.168. The number of halogens is 2. The Morgan fingerprint density at radius 1 is 1.02 bits per heavy atom. The number of nitrogens with one attached hydrogen (secondary N) is 3. The molecule has 2 saturated heterocycles. The maximum Gasteiger partial charge on any atom is 0.251 e. The molecule has 2 bridgehead atoms. The number of piperidine rings is 1. The van der Waals surface area contributed by atoms with Crippen LogP contribution in [0.25, 0.3) is 0 Å². The summed E-state index contributed by atoms with van der Waals surface area (Å²) in [6.45, 7) is 3.46. The van der Waals surface area contributed by atoms with E-state index in [1.165, 1.54) is 0 Å². The predicted octanol–water partition coefficient (Wildman–Crippen LogP) is 5.50. The van der Waals surface area contributed by atoms with Crippen LogP contribution in [0, 0.1) is 5.92 Å². The van der Waals surface area contributed by atoms with Crippen molar-refractivity contribution in [3.63, 3.8) is 0 Å². The molecule has 6 rings (SSSR count). The molecule has 3 N–H and O–H groups in total. The first-order valence-electron chi connectivity index (χ1n) is 13.9. The molecule has 2 fully saturated rings. The van der Waals surface area contributed by atoms with Gasteiger partial charge in [0.15, 0.2) is 5.11 Å². The molecule has 41 heavy (non-hydrogen) atoms. The lowest BCUT2D eigenvalue weighted by Gasteiger charge is -2.44. The highest BCUT2D eigenvalue weighted by Gasteiger charge is 2.35. The van der Waals surface area contributed by atoms with Gasteiger partial charge in [0.05, 0.1) is 28.2 Å². The molecule has 3 aromatic rings. The number of amides is 1. The first kappa shape index (κ1) is 28.0. The number of hydrogen-bond donors (Lipinski definition) is 3. The summed E-state index contributed by atoms with van der Waals surface area (Å²) < 4.78 is 7.58. The molecule has 1 amide bonds. The molecule has 0 aliphatic carbocycles. The van der Waals surface area contributed by atoms with Crippen molar-refractivity contribution in [2.24, 2.45) is 5.92 Å². The third-order valence-electron chi connectivity index (χ3n) is 8.02. The molecular formula is C30H31Cl2N5O3S. The van der Waals surface area contributed by atoms with E-state index in [2.05, 4.69) is 26.9 Å². The van der Waals surface area contributed by atoms with Crippen LogP contribution in [0.1, 0.15) is 41.2 Å². The zero-order valence-electron chi connectivity index (χ0n) is 22.4. The van der Waals surface area contributed by atoms with Crippen LogP contribution in [-0.2, 0) is 11.3 Å². The summed E-state index contributed by atoms with van der Waals surface area (Å²) in [5.41, 5.74) is 3.93. The lowest BCUT2D eigenvalue weighted by atomic mass is 9.83. The SMILES string of the molecule is O=C(NC[C@H]1CCCO1)c1ccc(N2C[C@H]3C[C@@H](C2)c2cccc(=O)n2C3)c(NC(=S)Nc2ccc(Cl)cc2Cl)c1. The lowest BCUT2D eigenvalue weighted by molar-refractivity contribution is 0.0858. The van der Waals surface area contributed by atoms with Gasteiger partial charge < -0.3 is 30.2 Å². The Bertz CT molecular complexity index is 1540. The number of pyridine rings is 1. The van der Waals surface area contributed by atoms with Crippen LogP contribution in [0.15, 0.2) is 59.4 Å². The number of rotatable bonds is 6. The highest BCUT2D eigenvalue weighted by molar-refractivity contribution is 7.80. The van der Waals surface area contributed by atoms with Crippen molar-refractivity contribution in [3.8, 4) is 0 Å². The number of nitrogens with zero attached hydrogens (tertiary/aromatic N) is 2. The van der Waals surface area contributed by atoms with Crippen molar-refractivity contribution in [1.29, 1.82) is 0 Å². The van der Waals surface area contributed by atoms with E-state index in [1.54, 1.807) is 24.3 Å². The maximum absolute atomic E-state index is 13.1. The molecule has 8 nitrogen and oxygen atoms in total. The fourth-order valence-corrected chi connectivity index (χ4v) is 6.80. The Balaban J connectivity index is 1.26. The number of carbonyl (C=O) groups excluding carboxylic acids is 1. The van der Waals surface area contributed by atoms with Crippen LogP contribution in [0.2, 0.25) is 10.0 Å². The topological polar surface area (TPSA) is 87.6 Å². The first-order valence-corrected chi connectivity index (χ1v) is 15.0. The summed E-state index contributed by atoms with van der Waals surface area (Å²) in [5.74, 6) is 0.400. The van der Waals surface area contributed by atoms with E-state index in [0.29, 0.717) is 51.1 Å². The summed E-state index contributed by atoms with van der Waals surface area (Å²) in [6, 6.07) is 16.3. The van der Waals surface area contributed by atoms with Crippen LogP contribution < -0.4 is 26.4 Å². The van der Waals surface area contributed by atoms with Gasteiger partial charge in [0.2, 0.25) is 0 Å². The van der Waals surface area contributed by atoms with Gasteiger partial charge in [-0.2, -0.15) is 0 Å². The van der Waals surface area contributed by atoms with E-state index in [1.807, 2.05) is 28.8 Å². The maximum atomic E-state index is 13.1. The van der Waals surface area contributed by atoms with E-state index < -0.39 is 0 Å².